The predicted molar refractivity (Wildman–Crippen MR) is 43.9 cm³/mol. The van der Waals surface area contributed by atoms with Gasteiger partial charge in [0.1, 0.15) is 4.91 Å². The van der Waals surface area contributed by atoms with Crippen LogP contribution >= 0.6 is 11.9 Å². The lowest BCUT2D eigenvalue weighted by atomic mass is 10.4. The van der Waals surface area contributed by atoms with Gasteiger partial charge in [-0.3, -0.25) is 20.4 Å². The molecule has 6 nitrogen and oxygen atoms in total. The van der Waals surface area contributed by atoms with Gasteiger partial charge in [0.05, 0.1) is 0 Å². The van der Waals surface area contributed by atoms with E-state index in [0.29, 0.717) is 11.3 Å². The summed E-state index contributed by atoms with van der Waals surface area (Å²) in [4.78, 5) is 24.1. The summed E-state index contributed by atoms with van der Waals surface area (Å²) < 4.78 is 0. The van der Waals surface area contributed by atoms with E-state index in [1.54, 1.807) is 6.92 Å². The van der Waals surface area contributed by atoms with Crippen LogP contribution in [0.15, 0.2) is 10.6 Å². The zero-order valence-electron chi connectivity index (χ0n) is 6.30. The summed E-state index contributed by atoms with van der Waals surface area (Å²) in [5.41, 5.74) is 7.72. The Hall–Kier alpha value is -1.21. The van der Waals surface area contributed by atoms with E-state index >= 15 is 0 Å². The van der Waals surface area contributed by atoms with Gasteiger partial charge in [-0.2, -0.15) is 4.83 Å². The van der Waals surface area contributed by atoms with Gasteiger partial charge in [-0.15, -0.1) is 0 Å². The van der Waals surface area contributed by atoms with Crippen molar-refractivity contribution in [3.8, 4) is 0 Å². The van der Waals surface area contributed by atoms with Gasteiger partial charge in [0, 0.05) is 5.70 Å². The Kier molecular flexibility index (Phi) is 2.94. The topological polar surface area (TPSA) is 82.3 Å². The van der Waals surface area contributed by atoms with Crippen molar-refractivity contribution >= 4 is 24.3 Å². The highest BCUT2D eigenvalue weighted by molar-refractivity contribution is 8.02. The van der Waals surface area contributed by atoms with E-state index in [-0.39, 0.29) is 5.91 Å². The molecule has 1 aliphatic heterocycles. The largest absolute Gasteiger partial charge is 0.315 e. The minimum Gasteiger partial charge on any atom is -0.315 e. The Balaban J connectivity index is 2.51. The number of hydrogen-bond acceptors (Lipinski definition) is 5. The smallest absolute Gasteiger partial charge is 0.279 e. The number of hydrazine groups is 2. The van der Waals surface area contributed by atoms with Crippen molar-refractivity contribution in [1.29, 1.82) is 0 Å². The highest BCUT2D eigenvalue weighted by atomic mass is 32.2. The van der Waals surface area contributed by atoms with Gasteiger partial charge in [0.15, 0.2) is 0 Å². The van der Waals surface area contributed by atoms with Gasteiger partial charge in [-0.25, -0.2) is 0 Å². The normalized spacial score (nSPS) is 15.4. The van der Waals surface area contributed by atoms with Crippen LogP contribution in [0.3, 0.4) is 0 Å². The number of carbonyl (C=O) groups excluding carboxylic acids is 2. The van der Waals surface area contributed by atoms with Crippen LogP contribution in [0, 0.1) is 0 Å². The molecule has 0 unspecified atom stereocenters. The van der Waals surface area contributed by atoms with Crippen molar-refractivity contribution in [2.24, 2.45) is 0 Å². The lowest BCUT2D eigenvalue weighted by Gasteiger charge is -2.01. The molecule has 7 heteroatoms. The quantitative estimate of drug-likeness (QED) is 0.253. The van der Waals surface area contributed by atoms with Crippen molar-refractivity contribution in [1.82, 2.24) is 21.1 Å². The number of allylic oxidation sites excluding steroid dienone is 1. The Bertz CT molecular complexity index is 240. The minimum atomic E-state index is -0.345. The molecule has 0 radical (unpaired) electrons. The summed E-state index contributed by atoms with van der Waals surface area (Å²) in [5.74, 6) is -0.345. The Morgan fingerprint density at radius 3 is 2.92 bits per heavy atom. The molecule has 0 aromatic carbocycles. The predicted octanol–water partition coefficient (Wildman–Crippen LogP) is -1.25. The first-order chi connectivity index (χ1) is 5.75. The van der Waals surface area contributed by atoms with Crippen LogP contribution in [0.2, 0.25) is 0 Å². The van der Waals surface area contributed by atoms with Gasteiger partial charge in [-0.1, -0.05) is 0 Å². The van der Waals surface area contributed by atoms with Crippen LogP contribution in [-0.4, -0.2) is 12.3 Å². The second kappa shape index (κ2) is 3.98. The van der Waals surface area contributed by atoms with Crippen LogP contribution in [0.1, 0.15) is 6.92 Å². The fourth-order valence-electron chi connectivity index (χ4n) is 0.655. The highest BCUT2D eigenvalue weighted by Crippen LogP contribution is 2.19. The van der Waals surface area contributed by atoms with Crippen LogP contribution in [-0.2, 0) is 9.59 Å². The zero-order chi connectivity index (χ0) is 8.97. The number of hydrogen-bond donors (Lipinski definition) is 4. The molecule has 12 heavy (non-hydrogen) atoms. The lowest BCUT2D eigenvalue weighted by molar-refractivity contribution is -0.121. The molecule has 0 saturated carbocycles. The van der Waals surface area contributed by atoms with Crippen LogP contribution in [0.4, 0.5) is 0 Å². The number of carbonyl (C=O) groups is 2. The molecule has 4 N–H and O–H groups in total. The third-order valence-corrected chi connectivity index (χ3v) is 2.08. The molecule has 66 valence electrons. The van der Waals surface area contributed by atoms with Gasteiger partial charge in [-0.05, 0) is 18.9 Å². The van der Waals surface area contributed by atoms with Crippen molar-refractivity contribution in [2.45, 2.75) is 6.92 Å². The first kappa shape index (κ1) is 8.88. The van der Waals surface area contributed by atoms with E-state index in [4.69, 9.17) is 0 Å². The second-order valence-electron chi connectivity index (χ2n) is 2.00. The molecule has 1 heterocycles. The summed E-state index contributed by atoms with van der Waals surface area (Å²) in [6.45, 7) is 1.75. The molecule has 1 rings (SSSR count). The van der Waals surface area contributed by atoms with E-state index in [0.717, 1.165) is 17.6 Å². The standard InChI is InChI=1S/C5H8N4O2S/c1-3-4(12-9-7-3)5(11)8-6-2-10/h2,7,9H,1H3,(H,6,10)(H,8,11). The molecule has 2 amide bonds. The van der Waals surface area contributed by atoms with Crippen molar-refractivity contribution in [3.63, 3.8) is 0 Å². The van der Waals surface area contributed by atoms with E-state index < -0.39 is 0 Å². The summed E-state index contributed by atoms with van der Waals surface area (Å²) >= 11 is 1.16. The number of rotatable bonds is 3. The second-order valence-corrected chi connectivity index (χ2v) is 2.82. The molecule has 0 aromatic rings. The average molecular weight is 188 g/mol. The molecule has 0 atom stereocenters. The molecule has 0 fully saturated rings. The van der Waals surface area contributed by atoms with Gasteiger partial charge < -0.3 is 5.43 Å². The van der Waals surface area contributed by atoms with Gasteiger partial charge >= 0.3 is 0 Å². The van der Waals surface area contributed by atoms with Crippen molar-refractivity contribution in [3.05, 3.63) is 10.6 Å². The SMILES string of the molecule is CC1=C(C(=O)NNC=O)SNN1. The highest BCUT2D eigenvalue weighted by Gasteiger charge is 2.18. The van der Waals surface area contributed by atoms with Gasteiger partial charge in [0.25, 0.3) is 5.91 Å². The summed E-state index contributed by atoms with van der Waals surface area (Å²) in [6, 6.07) is 0. The molecule has 1 aliphatic rings. The number of nitrogens with one attached hydrogen (secondary N) is 4. The molecular formula is C5H8N4O2S. The number of amides is 2. The van der Waals surface area contributed by atoms with E-state index in [9.17, 15) is 9.59 Å². The van der Waals surface area contributed by atoms with Crippen LogP contribution in [0.5, 0.6) is 0 Å². The lowest BCUT2D eigenvalue weighted by Crippen LogP contribution is -2.36. The average Bonchev–Trinajstić information content (AvgIpc) is 2.47. The van der Waals surface area contributed by atoms with E-state index in [1.165, 1.54) is 0 Å². The third-order valence-electron chi connectivity index (χ3n) is 1.18. The summed E-state index contributed by atoms with van der Waals surface area (Å²) in [7, 11) is 0. The molecule has 0 saturated heterocycles. The molecule has 0 bridgehead atoms. The monoisotopic (exact) mass is 188 g/mol. The van der Waals surface area contributed by atoms with E-state index in [1.807, 2.05) is 0 Å². The first-order valence-electron chi connectivity index (χ1n) is 3.14. The Morgan fingerprint density at radius 2 is 2.42 bits per heavy atom. The van der Waals surface area contributed by atoms with Crippen molar-refractivity contribution in [2.75, 3.05) is 0 Å². The summed E-state index contributed by atoms with van der Waals surface area (Å²) in [5, 5.41) is 0. The minimum absolute atomic E-state index is 0.345. The Labute approximate surface area is 73.2 Å². The fourth-order valence-corrected chi connectivity index (χ4v) is 1.31. The van der Waals surface area contributed by atoms with E-state index in [2.05, 4.69) is 21.1 Å². The maximum absolute atomic E-state index is 11.1. The Morgan fingerprint density at radius 1 is 1.67 bits per heavy atom. The molecule has 0 aliphatic carbocycles. The maximum atomic E-state index is 11.1. The zero-order valence-corrected chi connectivity index (χ0v) is 7.12. The van der Waals surface area contributed by atoms with Crippen LogP contribution < -0.4 is 21.1 Å². The molecule has 0 spiro atoms. The third kappa shape index (κ3) is 1.89. The van der Waals surface area contributed by atoms with Crippen molar-refractivity contribution < 1.29 is 9.59 Å². The fraction of sp³-hybridized carbons (Fsp3) is 0.200. The van der Waals surface area contributed by atoms with Crippen LogP contribution in [0.25, 0.3) is 0 Å². The first-order valence-corrected chi connectivity index (χ1v) is 3.95. The maximum Gasteiger partial charge on any atom is 0.279 e. The summed E-state index contributed by atoms with van der Waals surface area (Å²) in [6.07, 6.45) is 0.397. The van der Waals surface area contributed by atoms with Gasteiger partial charge in [0.2, 0.25) is 6.41 Å². The molecular weight excluding hydrogens is 180 g/mol. The molecule has 0 aromatic heterocycles.